The van der Waals surface area contributed by atoms with Crippen LogP contribution in [0.25, 0.3) is 0 Å². The second-order valence-electron chi connectivity index (χ2n) is 9.40. The van der Waals surface area contributed by atoms with E-state index in [1.807, 2.05) is 0 Å². The Balaban J connectivity index is 1.92. The highest BCUT2D eigenvalue weighted by molar-refractivity contribution is 8.16. The van der Waals surface area contributed by atoms with Crippen LogP contribution in [-0.4, -0.2) is 60.5 Å². The third-order valence-corrected chi connectivity index (χ3v) is 8.35. The molecule has 1 aromatic rings. The van der Waals surface area contributed by atoms with Gasteiger partial charge < -0.3 is 15.0 Å². The Morgan fingerprint density at radius 3 is 2.14 bits per heavy atom. The lowest BCUT2D eigenvalue weighted by atomic mass is 10.1. The van der Waals surface area contributed by atoms with E-state index in [0.717, 1.165) is 16.7 Å². The van der Waals surface area contributed by atoms with Crippen LogP contribution in [0.3, 0.4) is 0 Å². The summed E-state index contributed by atoms with van der Waals surface area (Å²) >= 11 is 0.791. The molecule has 2 amide bonds. The summed E-state index contributed by atoms with van der Waals surface area (Å²) < 4.78 is 110. The highest BCUT2D eigenvalue weighted by Gasteiger charge is 2.50. The zero-order chi connectivity index (χ0) is 28.0. The highest BCUT2D eigenvalue weighted by Crippen LogP contribution is 2.44. The second kappa shape index (κ2) is 10.0. The van der Waals surface area contributed by atoms with Crippen LogP contribution in [0.15, 0.2) is 23.2 Å². The zero-order valence-corrected chi connectivity index (χ0v) is 21.4. The molecular weight excluding hydrogens is 552 g/mol. The van der Waals surface area contributed by atoms with Gasteiger partial charge >= 0.3 is 18.4 Å². The Bertz CT molecular complexity index is 1180. The van der Waals surface area contributed by atoms with Crippen molar-refractivity contribution < 1.29 is 49.1 Å². The highest BCUT2D eigenvalue weighted by atomic mass is 32.2. The lowest BCUT2D eigenvalue weighted by Crippen LogP contribution is -2.38. The van der Waals surface area contributed by atoms with Gasteiger partial charge in [0.05, 0.1) is 28.7 Å². The summed E-state index contributed by atoms with van der Waals surface area (Å²) in [6.45, 7) is 4.69. The number of carbonyl (C=O) groups is 2. The van der Waals surface area contributed by atoms with Crippen molar-refractivity contribution in [2.75, 3.05) is 23.0 Å². The molecule has 2 saturated heterocycles. The van der Waals surface area contributed by atoms with Gasteiger partial charge in [0, 0.05) is 23.9 Å². The quantitative estimate of drug-likeness (QED) is 0.536. The Labute approximate surface area is 212 Å². The zero-order valence-electron chi connectivity index (χ0n) is 19.7. The lowest BCUT2D eigenvalue weighted by Gasteiger charge is -2.26. The molecule has 0 aliphatic carbocycles. The smallest absolute Gasteiger partial charge is 0.416 e. The molecule has 0 unspecified atom stereocenters. The second-order valence-corrected chi connectivity index (χ2v) is 12.8. The van der Waals surface area contributed by atoms with Gasteiger partial charge in [-0.1, -0.05) is 11.8 Å². The third-order valence-electron chi connectivity index (χ3n) is 5.14. The average Bonchev–Trinajstić information content (AvgIpc) is 3.15. The fourth-order valence-electron chi connectivity index (χ4n) is 3.69. The Kier molecular flexibility index (Phi) is 7.86. The van der Waals surface area contributed by atoms with E-state index in [9.17, 15) is 44.3 Å². The van der Waals surface area contributed by atoms with E-state index in [0.29, 0.717) is 12.1 Å². The predicted molar refractivity (Wildman–Crippen MR) is 124 cm³/mol. The van der Waals surface area contributed by atoms with Gasteiger partial charge in [0.15, 0.2) is 15.0 Å². The van der Waals surface area contributed by atoms with Gasteiger partial charge in [-0.25, -0.2) is 13.2 Å². The minimum absolute atomic E-state index is 0.0418. The van der Waals surface area contributed by atoms with Crippen LogP contribution in [-0.2, 0) is 31.7 Å². The molecule has 0 radical (unpaired) electrons. The van der Waals surface area contributed by atoms with Gasteiger partial charge in [-0.15, -0.1) is 0 Å². The first kappa shape index (κ1) is 29.1. The number of benzene rings is 1. The number of rotatable bonds is 4. The fraction of sp³-hybridized carbons (Fsp3) is 0.571. The largest absolute Gasteiger partial charge is 0.444 e. The van der Waals surface area contributed by atoms with E-state index in [2.05, 4.69) is 10.3 Å². The molecule has 1 aromatic carbocycles. The topological polar surface area (TPSA) is 105 Å². The van der Waals surface area contributed by atoms with Crippen molar-refractivity contribution in [3.8, 4) is 0 Å². The van der Waals surface area contributed by atoms with E-state index in [4.69, 9.17) is 4.74 Å². The number of nitrogens with zero attached hydrogens (tertiary/aromatic N) is 2. The molecule has 0 saturated carbocycles. The molecule has 206 valence electrons. The molecule has 0 spiro atoms. The summed E-state index contributed by atoms with van der Waals surface area (Å²) in [5.74, 6) is -1.73. The standard InChI is InChI=1S/C21H23F6N3O5S2/c1-19(2,3)35-18(32)28-5-4-16(31)29-17-30(14-9-37(33,34)10-15(14)36-17)13-7-11(20(22,23)24)6-12(8-13)21(25,26)27/h6-8,14-15H,4-5,9-10H2,1-3H3,(H,28,32)/t14-,15+/m1/s1. The minimum Gasteiger partial charge on any atom is -0.444 e. The number of amidine groups is 1. The number of sulfone groups is 1. The van der Waals surface area contributed by atoms with Crippen LogP contribution in [0, 0.1) is 0 Å². The summed E-state index contributed by atoms with van der Waals surface area (Å²) in [5, 5.41) is 1.36. The Hall–Kier alpha value is -2.49. The van der Waals surface area contributed by atoms with Crippen LogP contribution in [0.5, 0.6) is 0 Å². The summed E-state index contributed by atoms with van der Waals surface area (Å²) in [5.41, 5.74) is -4.54. The molecule has 0 bridgehead atoms. The van der Waals surface area contributed by atoms with Gasteiger partial charge in [0.25, 0.3) is 0 Å². The minimum atomic E-state index is -5.12. The van der Waals surface area contributed by atoms with Gasteiger partial charge in [-0.3, -0.25) is 4.79 Å². The number of fused-ring (bicyclic) bond motifs is 1. The Morgan fingerprint density at radius 1 is 1.05 bits per heavy atom. The normalized spacial score (nSPS) is 22.7. The van der Waals surface area contributed by atoms with Crippen LogP contribution in [0.4, 0.5) is 36.8 Å². The first-order valence-corrected chi connectivity index (χ1v) is 13.5. The van der Waals surface area contributed by atoms with Crippen molar-refractivity contribution in [2.45, 2.75) is 56.4 Å². The molecule has 8 nitrogen and oxygen atoms in total. The summed E-state index contributed by atoms with van der Waals surface area (Å²) in [7, 11) is -3.62. The molecule has 2 atom stereocenters. The SMILES string of the molecule is CC(C)(C)OC(=O)NCCC(=O)N=C1S[C@H]2CS(=O)(=O)C[C@H]2N1c1cc(C(F)(F)F)cc(C(F)(F)F)c1. The average molecular weight is 576 g/mol. The van der Waals surface area contributed by atoms with Crippen molar-refractivity contribution in [3.05, 3.63) is 29.3 Å². The lowest BCUT2D eigenvalue weighted by molar-refractivity contribution is -0.143. The van der Waals surface area contributed by atoms with Crippen molar-refractivity contribution >= 4 is 44.5 Å². The molecule has 16 heteroatoms. The van der Waals surface area contributed by atoms with Gasteiger partial charge in [0.1, 0.15) is 5.60 Å². The van der Waals surface area contributed by atoms with Crippen LogP contribution in [0.2, 0.25) is 0 Å². The molecule has 0 aromatic heterocycles. The Morgan fingerprint density at radius 2 is 1.62 bits per heavy atom. The molecule has 3 rings (SSSR count). The number of thioether (sulfide) groups is 1. The number of halogens is 6. The van der Waals surface area contributed by atoms with Crippen molar-refractivity contribution in [3.63, 3.8) is 0 Å². The first-order chi connectivity index (χ1) is 16.7. The number of aliphatic imine (C=N–C) groups is 1. The third kappa shape index (κ3) is 7.52. The fourth-order valence-corrected chi connectivity index (χ4v) is 7.62. The number of alkyl halides is 6. The van der Waals surface area contributed by atoms with Gasteiger partial charge in [0.2, 0.25) is 5.91 Å². The van der Waals surface area contributed by atoms with Crippen molar-refractivity contribution in [1.82, 2.24) is 5.32 Å². The monoisotopic (exact) mass is 575 g/mol. The van der Waals surface area contributed by atoms with E-state index in [1.165, 1.54) is 0 Å². The maximum atomic E-state index is 13.4. The number of carbonyl (C=O) groups excluding carboxylic acids is 2. The molecule has 2 aliphatic rings. The van der Waals surface area contributed by atoms with Gasteiger partial charge in [-0.2, -0.15) is 31.3 Å². The van der Waals surface area contributed by atoms with E-state index < -0.39 is 73.7 Å². The molecule has 1 N–H and O–H groups in total. The summed E-state index contributed by atoms with van der Waals surface area (Å²) in [4.78, 5) is 28.9. The van der Waals surface area contributed by atoms with E-state index >= 15 is 0 Å². The number of hydrogen-bond acceptors (Lipinski definition) is 6. The van der Waals surface area contributed by atoms with Crippen LogP contribution in [0.1, 0.15) is 38.3 Å². The first-order valence-electron chi connectivity index (χ1n) is 10.8. The number of anilines is 1. The van der Waals surface area contributed by atoms with Crippen molar-refractivity contribution in [2.24, 2.45) is 4.99 Å². The number of ether oxygens (including phenoxy) is 1. The molecule has 37 heavy (non-hydrogen) atoms. The molecule has 2 heterocycles. The molecular formula is C21H23F6N3O5S2. The summed E-state index contributed by atoms with van der Waals surface area (Å²) in [6, 6.07) is -0.133. The predicted octanol–water partition coefficient (Wildman–Crippen LogP) is 4.24. The number of alkyl carbamates (subject to hydrolysis) is 1. The maximum absolute atomic E-state index is 13.4. The number of nitrogens with one attached hydrogen (secondary N) is 1. The van der Waals surface area contributed by atoms with Crippen LogP contribution < -0.4 is 10.2 Å². The number of amides is 2. The summed E-state index contributed by atoms with van der Waals surface area (Å²) in [6.07, 6.45) is -11.4. The van der Waals surface area contributed by atoms with E-state index in [-0.39, 0.29) is 30.0 Å². The van der Waals surface area contributed by atoms with Crippen LogP contribution >= 0.6 is 11.8 Å². The van der Waals surface area contributed by atoms with E-state index in [1.54, 1.807) is 20.8 Å². The van der Waals surface area contributed by atoms with Gasteiger partial charge in [-0.05, 0) is 39.0 Å². The number of hydrogen-bond donors (Lipinski definition) is 1. The molecule has 2 fully saturated rings. The molecule has 2 aliphatic heterocycles. The van der Waals surface area contributed by atoms with Crippen molar-refractivity contribution in [1.29, 1.82) is 0 Å². The maximum Gasteiger partial charge on any atom is 0.416 e.